The molecular formula is C17H20N6. The van der Waals surface area contributed by atoms with Gasteiger partial charge in [0.2, 0.25) is 0 Å². The van der Waals surface area contributed by atoms with Gasteiger partial charge in [0.1, 0.15) is 0 Å². The Morgan fingerprint density at radius 1 is 0.957 bits per heavy atom. The van der Waals surface area contributed by atoms with Crippen LogP contribution in [-0.4, -0.2) is 49.5 Å². The van der Waals surface area contributed by atoms with E-state index in [9.17, 15) is 0 Å². The number of hydrogen-bond acceptors (Lipinski definition) is 5. The molecule has 0 saturated carbocycles. The van der Waals surface area contributed by atoms with E-state index >= 15 is 0 Å². The van der Waals surface area contributed by atoms with Crippen molar-refractivity contribution in [3.05, 3.63) is 48.5 Å². The first-order valence-corrected chi connectivity index (χ1v) is 8.16. The molecule has 118 valence electrons. The van der Waals surface area contributed by atoms with Crippen LogP contribution in [0.25, 0.3) is 11.0 Å². The summed E-state index contributed by atoms with van der Waals surface area (Å²) in [5.74, 6) is 0.542. The molecule has 0 aliphatic carbocycles. The summed E-state index contributed by atoms with van der Waals surface area (Å²) in [7, 11) is 0. The Balaban J connectivity index is 1.36. The van der Waals surface area contributed by atoms with Gasteiger partial charge < -0.3 is 4.90 Å². The van der Waals surface area contributed by atoms with Crippen molar-refractivity contribution in [2.75, 3.05) is 19.6 Å². The minimum absolute atomic E-state index is 0.542. The van der Waals surface area contributed by atoms with E-state index in [2.05, 4.69) is 38.3 Å². The highest BCUT2D eigenvalue weighted by Gasteiger charge is 2.21. The molecule has 1 saturated heterocycles. The van der Waals surface area contributed by atoms with Crippen LogP contribution in [0, 0.1) is 0 Å². The first kappa shape index (κ1) is 14.3. The van der Waals surface area contributed by atoms with Gasteiger partial charge in [-0.2, -0.15) is 15.0 Å². The number of hydrogen-bond donors (Lipinski definition) is 0. The minimum Gasteiger partial charge on any atom is -0.301 e. The zero-order valence-electron chi connectivity index (χ0n) is 13.0. The quantitative estimate of drug-likeness (QED) is 0.739. The first-order valence-electron chi connectivity index (χ1n) is 8.16. The monoisotopic (exact) mass is 308 g/mol. The maximum absolute atomic E-state index is 4.76. The summed E-state index contributed by atoms with van der Waals surface area (Å²) < 4.78 is 0. The van der Waals surface area contributed by atoms with Crippen LogP contribution in [0.1, 0.15) is 24.5 Å². The van der Waals surface area contributed by atoms with Crippen molar-refractivity contribution in [1.29, 1.82) is 0 Å². The van der Waals surface area contributed by atoms with Gasteiger partial charge in [0.25, 0.3) is 0 Å². The molecule has 0 bridgehead atoms. The van der Waals surface area contributed by atoms with Crippen LogP contribution in [0.2, 0.25) is 0 Å². The van der Waals surface area contributed by atoms with Gasteiger partial charge in [-0.05, 0) is 50.2 Å². The van der Waals surface area contributed by atoms with E-state index in [4.69, 9.17) is 4.98 Å². The molecule has 0 atom stereocenters. The molecule has 0 amide bonds. The van der Waals surface area contributed by atoms with E-state index in [1.165, 1.54) is 5.69 Å². The van der Waals surface area contributed by atoms with Gasteiger partial charge in [-0.25, -0.2) is 9.97 Å². The molecule has 1 aliphatic rings. The normalized spacial score (nSPS) is 16.9. The number of fused-ring (bicyclic) bond motifs is 1. The van der Waals surface area contributed by atoms with E-state index in [1.54, 1.807) is 17.2 Å². The van der Waals surface area contributed by atoms with E-state index in [0.717, 1.165) is 50.1 Å². The first-order chi connectivity index (χ1) is 11.4. The predicted octanol–water partition coefficient (Wildman–Crippen LogP) is 2.10. The Hall–Kier alpha value is -2.34. The number of likely N-dealkylation sites (tertiary alicyclic amines) is 1. The van der Waals surface area contributed by atoms with E-state index in [1.807, 2.05) is 12.3 Å². The fourth-order valence-corrected chi connectivity index (χ4v) is 3.24. The van der Waals surface area contributed by atoms with Crippen LogP contribution in [0.3, 0.4) is 0 Å². The Morgan fingerprint density at radius 2 is 1.78 bits per heavy atom. The molecule has 0 spiro atoms. The van der Waals surface area contributed by atoms with Gasteiger partial charge in [-0.1, -0.05) is 0 Å². The molecule has 23 heavy (non-hydrogen) atoms. The zero-order valence-corrected chi connectivity index (χ0v) is 13.0. The zero-order chi connectivity index (χ0) is 15.5. The van der Waals surface area contributed by atoms with Crippen molar-refractivity contribution < 1.29 is 0 Å². The van der Waals surface area contributed by atoms with Gasteiger partial charge >= 0.3 is 0 Å². The summed E-state index contributed by atoms with van der Waals surface area (Å²) in [5.41, 5.74) is 2.04. The van der Waals surface area contributed by atoms with Crippen molar-refractivity contribution in [3.63, 3.8) is 0 Å². The van der Waals surface area contributed by atoms with Crippen LogP contribution < -0.4 is 0 Å². The minimum atomic E-state index is 0.542. The Bertz CT molecular complexity index is 762. The van der Waals surface area contributed by atoms with E-state index in [-0.39, 0.29) is 0 Å². The average molecular weight is 308 g/mol. The topological polar surface area (TPSA) is 59.7 Å². The SMILES string of the molecule is c1cnc2nc(C3CCN(CCn4nccn4)CC3)ccc2c1. The Kier molecular flexibility index (Phi) is 3.98. The standard InChI is InChI=1S/C17H20N6/c1-2-15-3-4-16(21-17(15)18-7-1)14-5-10-22(11-6-14)12-13-23-19-8-9-20-23/h1-4,7-9,14H,5-6,10-13H2. The number of pyridine rings is 2. The summed E-state index contributed by atoms with van der Waals surface area (Å²) >= 11 is 0. The van der Waals surface area contributed by atoms with Crippen LogP contribution in [0.4, 0.5) is 0 Å². The molecule has 6 heteroatoms. The lowest BCUT2D eigenvalue weighted by molar-refractivity contribution is 0.198. The second kappa shape index (κ2) is 6.42. The van der Waals surface area contributed by atoms with Crippen molar-refractivity contribution >= 4 is 11.0 Å². The Labute approximate surface area is 135 Å². The summed E-state index contributed by atoms with van der Waals surface area (Å²) in [6.45, 7) is 4.08. The van der Waals surface area contributed by atoms with E-state index < -0.39 is 0 Å². The molecule has 0 N–H and O–H groups in total. The average Bonchev–Trinajstić information content (AvgIpc) is 3.14. The lowest BCUT2D eigenvalue weighted by Gasteiger charge is -2.31. The van der Waals surface area contributed by atoms with Crippen molar-refractivity contribution in [2.24, 2.45) is 0 Å². The molecule has 0 radical (unpaired) electrons. The second-order valence-electron chi connectivity index (χ2n) is 6.03. The van der Waals surface area contributed by atoms with Gasteiger partial charge in [-0.3, -0.25) is 0 Å². The molecule has 3 aromatic heterocycles. The van der Waals surface area contributed by atoms with Crippen molar-refractivity contribution in [3.8, 4) is 0 Å². The lowest BCUT2D eigenvalue weighted by Crippen LogP contribution is -2.35. The molecule has 4 heterocycles. The summed E-state index contributed by atoms with van der Waals surface area (Å²) in [6.07, 6.45) is 7.57. The number of aromatic nitrogens is 5. The summed E-state index contributed by atoms with van der Waals surface area (Å²) in [4.78, 5) is 13.4. The van der Waals surface area contributed by atoms with Crippen LogP contribution in [0.15, 0.2) is 42.9 Å². The highest BCUT2D eigenvalue weighted by Crippen LogP contribution is 2.27. The van der Waals surface area contributed by atoms with Crippen LogP contribution in [-0.2, 0) is 6.54 Å². The van der Waals surface area contributed by atoms with E-state index in [0.29, 0.717) is 5.92 Å². The summed E-state index contributed by atoms with van der Waals surface area (Å²) in [5, 5.41) is 9.42. The molecule has 4 rings (SSSR count). The largest absolute Gasteiger partial charge is 0.301 e. The maximum atomic E-state index is 4.76. The van der Waals surface area contributed by atoms with Gasteiger partial charge in [0.05, 0.1) is 18.9 Å². The molecule has 0 unspecified atom stereocenters. The predicted molar refractivity (Wildman–Crippen MR) is 88.0 cm³/mol. The molecule has 6 nitrogen and oxygen atoms in total. The lowest BCUT2D eigenvalue weighted by atomic mass is 9.93. The highest BCUT2D eigenvalue weighted by molar-refractivity contribution is 5.74. The number of rotatable bonds is 4. The maximum Gasteiger partial charge on any atom is 0.159 e. The van der Waals surface area contributed by atoms with Crippen molar-refractivity contribution in [1.82, 2.24) is 29.9 Å². The third-order valence-electron chi connectivity index (χ3n) is 4.57. The van der Waals surface area contributed by atoms with Gasteiger partial charge in [0.15, 0.2) is 5.65 Å². The number of nitrogens with zero attached hydrogens (tertiary/aromatic N) is 6. The van der Waals surface area contributed by atoms with Crippen molar-refractivity contribution in [2.45, 2.75) is 25.3 Å². The third kappa shape index (κ3) is 3.22. The molecule has 1 fully saturated rings. The molecule has 0 aromatic carbocycles. The van der Waals surface area contributed by atoms with Crippen LogP contribution in [0.5, 0.6) is 0 Å². The van der Waals surface area contributed by atoms with Gasteiger partial charge in [0, 0.05) is 29.7 Å². The fraction of sp³-hybridized carbons (Fsp3) is 0.412. The number of piperidine rings is 1. The molecular weight excluding hydrogens is 288 g/mol. The molecule has 3 aromatic rings. The second-order valence-corrected chi connectivity index (χ2v) is 6.03. The summed E-state index contributed by atoms with van der Waals surface area (Å²) in [6, 6.07) is 8.32. The fourth-order valence-electron chi connectivity index (χ4n) is 3.24. The smallest absolute Gasteiger partial charge is 0.159 e. The van der Waals surface area contributed by atoms with Gasteiger partial charge in [-0.15, -0.1) is 0 Å². The third-order valence-corrected chi connectivity index (χ3v) is 4.57. The van der Waals surface area contributed by atoms with Crippen LogP contribution >= 0.6 is 0 Å². The molecule has 1 aliphatic heterocycles. The highest BCUT2D eigenvalue weighted by atomic mass is 15.5. The Morgan fingerprint density at radius 3 is 2.61 bits per heavy atom.